The summed E-state index contributed by atoms with van der Waals surface area (Å²) < 4.78 is 7.64. The van der Waals surface area contributed by atoms with Gasteiger partial charge in [-0.25, -0.2) is 0 Å². The van der Waals surface area contributed by atoms with E-state index in [1.54, 1.807) is 7.11 Å². The number of aromatic nitrogens is 2. The number of rotatable bonds is 6. The lowest BCUT2D eigenvalue weighted by molar-refractivity contribution is 0.310. The fourth-order valence-electron chi connectivity index (χ4n) is 5.12. The van der Waals surface area contributed by atoms with Crippen LogP contribution in [-0.2, 0) is 6.54 Å². The van der Waals surface area contributed by atoms with Gasteiger partial charge in [-0.2, -0.15) is 0 Å². The molecule has 1 aliphatic rings. The van der Waals surface area contributed by atoms with Crippen LogP contribution in [0.2, 0.25) is 5.02 Å². The number of ether oxygens (including phenoxy) is 1. The Morgan fingerprint density at radius 3 is 2.50 bits per heavy atom. The molecule has 2 atom stereocenters. The number of nitrogens with one attached hydrogen (secondary N) is 1. The molecule has 4 aromatic rings. The summed E-state index contributed by atoms with van der Waals surface area (Å²) in [4.78, 5) is 6.96. The SMILES string of the molecule is COc1ccc(CN2C(=S)NC(c3ccccn3)C2c2cc(C)n(-c3cc(Cl)ccc3C)c2C)cc1. The molecule has 2 aromatic carbocycles. The number of pyridine rings is 1. The van der Waals surface area contributed by atoms with E-state index in [1.807, 2.05) is 42.6 Å². The number of halogens is 1. The van der Waals surface area contributed by atoms with Crippen LogP contribution in [0, 0.1) is 20.8 Å². The van der Waals surface area contributed by atoms with Gasteiger partial charge in [0.1, 0.15) is 5.75 Å². The lowest BCUT2D eigenvalue weighted by atomic mass is 9.96. The van der Waals surface area contributed by atoms with Gasteiger partial charge in [0.2, 0.25) is 0 Å². The van der Waals surface area contributed by atoms with Crippen LogP contribution in [-0.4, -0.2) is 26.7 Å². The molecule has 1 N–H and O–H groups in total. The van der Waals surface area contributed by atoms with Crippen LogP contribution < -0.4 is 10.1 Å². The van der Waals surface area contributed by atoms with Crippen molar-refractivity contribution in [2.24, 2.45) is 0 Å². The number of hydrogen-bond donors (Lipinski definition) is 1. The summed E-state index contributed by atoms with van der Waals surface area (Å²) in [5.74, 6) is 0.837. The number of hydrogen-bond acceptors (Lipinski definition) is 3. The fourth-order valence-corrected chi connectivity index (χ4v) is 5.59. The minimum Gasteiger partial charge on any atom is -0.497 e. The Morgan fingerprint density at radius 2 is 1.81 bits per heavy atom. The minimum absolute atomic E-state index is 0.0334. The second-order valence-electron chi connectivity index (χ2n) is 9.20. The molecule has 0 bridgehead atoms. The third-order valence-electron chi connectivity index (χ3n) is 6.91. The molecule has 0 spiro atoms. The zero-order valence-corrected chi connectivity index (χ0v) is 22.4. The molecular weight excluding hydrogens is 488 g/mol. The van der Waals surface area contributed by atoms with Crippen molar-refractivity contribution in [3.8, 4) is 11.4 Å². The molecule has 1 saturated heterocycles. The van der Waals surface area contributed by atoms with Crippen molar-refractivity contribution in [1.82, 2.24) is 19.8 Å². The van der Waals surface area contributed by atoms with Crippen LogP contribution in [0.1, 0.15) is 45.9 Å². The van der Waals surface area contributed by atoms with Crippen molar-refractivity contribution in [2.75, 3.05) is 7.11 Å². The molecule has 2 unspecified atom stereocenters. The predicted molar refractivity (Wildman–Crippen MR) is 149 cm³/mol. The quantitative estimate of drug-likeness (QED) is 0.291. The van der Waals surface area contributed by atoms with Crippen molar-refractivity contribution in [1.29, 1.82) is 0 Å². The lowest BCUT2D eigenvalue weighted by Gasteiger charge is -2.28. The zero-order valence-electron chi connectivity index (χ0n) is 20.8. The number of thiocarbonyl (C=S) groups is 1. The normalized spacial score (nSPS) is 17.4. The van der Waals surface area contributed by atoms with E-state index in [-0.39, 0.29) is 12.1 Å². The van der Waals surface area contributed by atoms with Crippen molar-refractivity contribution >= 4 is 28.9 Å². The highest BCUT2D eigenvalue weighted by Crippen LogP contribution is 2.42. The third kappa shape index (κ3) is 4.47. The van der Waals surface area contributed by atoms with Crippen LogP contribution >= 0.6 is 23.8 Å². The second kappa shape index (κ2) is 9.96. The van der Waals surface area contributed by atoms with E-state index >= 15 is 0 Å². The van der Waals surface area contributed by atoms with Gasteiger partial charge in [0, 0.05) is 34.8 Å². The summed E-state index contributed by atoms with van der Waals surface area (Å²) in [6, 6.07) is 22.4. The molecule has 7 heteroatoms. The van der Waals surface area contributed by atoms with E-state index in [2.05, 4.69) is 70.9 Å². The maximum absolute atomic E-state index is 6.40. The van der Waals surface area contributed by atoms with Gasteiger partial charge in [0.15, 0.2) is 5.11 Å². The molecule has 184 valence electrons. The maximum atomic E-state index is 6.40. The molecule has 0 amide bonds. The first-order valence-electron chi connectivity index (χ1n) is 11.9. The average Bonchev–Trinajstić information content (AvgIpc) is 3.36. The van der Waals surface area contributed by atoms with Gasteiger partial charge in [0.05, 0.1) is 24.9 Å². The highest BCUT2D eigenvalue weighted by Gasteiger charge is 2.41. The van der Waals surface area contributed by atoms with Gasteiger partial charge >= 0.3 is 0 Å². The van der Waals surface area contributed by atoms with Crippen LogP contribution in [0.25, 0.3) is 5.69 Å². The van der Waals surface area contributed by atoms with E-state index in [0.29, 0.717) is 6.54 Å². The van der Waals surface area contributed by atoms with Gasteiger partial charge in [-0.15, -0.1) is 0 Å². The van der Waals surface area contributed by atoms with Crippen molar-refractivity contribution in [3.63, 3.8) is 0 Å². The third-order valence-corrected chi connectivity index (χ3v) is 7.50. The minimum atomic E-state index is -0.0774. The summed E-state index contributed by atoms with van der Waals surface area (Å²) in [5, 5.41) is 5.01. The van der Waals surface area contributed by atoms with Crippen molar-refractivity contribution in [3.05, 3.63) is 112 Å². The van der Waals surface area contributed by atoms with Gasteiger partial charge in [-0.1, -0.05) is 35.9 Å². The zero-order chi connectivity index (χ0) is 25.4. The summed E-state index contributed by atoms with van der Waals surface area (Å²) in [5.41, 5.74) is 7.91. The number of aryl methyl sites for hydroxylation is 2. The molecule has 0 radical (unpaired) electrons. The molecule has 5 rings (SSSR count). The molecule has 5 nitrogen and oxygen atoms in total. The smallest absolute Gasteiger partial charge is 0.170 e. The van der Waals surface area contributed by atoms with Gasteiger partial charge in [0.25, 0.3) is 0 Å². The number of nitrogens with zero attached hydrogens (tertiary/aromatic N) is 3. The Kier molecular flexibility index (Phi) is 6.73. The van der Waals surface area contributed by atoms with Gasteiger partial charge < -0.3 is 19.5 Å². The first-order valence-corrected chi connectivity index (χ1v) is 12.7. The predicted octanol–water partition coefficient (Wildman–Crippen LogP) is 6.63. The standard InChI is InChI=1S/C29H29ClN4OS/c1-18-8-11-22(30)16-26(18)34-19(2)15-24(20(34)3)28-27(25-7-5-6-14-31-25)32-29(36)33(28)17-21-9-12-23(35-4)13-10-21/h5-16,27-28H,17H2,1-4H3,(H,32,36). The van der Waals surface area contributed by atoms with E-state index in [4.69, 9.17) is 28.6 Å². The molecule has 0 saturated carbocycles. The Bertz CT molecular complexity index is 1400. The largest absolute Gasteiger partial charge is 0.497 e. The molecule has 1 aliphatic heterocycles. The van der Waals surface area contributed by atoms with Crippen LogP contribution in [0.15, 0.2) is 72.9 Å². The number of benzene rings is 2. The van der Waals surface area contributed by atoms with E-state index in [1.165, 1.54) is 11.1 Å². The summed E-state index contributed by atoms with van der Waals surface area (Å²) >= 11 is 12.3. The highest BCUT2D eigenvalue weighted by atomic mass is 35.5. The van der Waals surface area contributed by atoms with Gasteiger partial charge in [-0.3, -0.25) is 4.98 Å². The Labute approximate surface area is 222 Å². The van der Waals surface area contributed by atoms with Crippen molar-refractivity contribution in [2.45, 2.75) is 39.4 Å². The Morgan fingerprint density at radius 1 is 1.03 bits per heavy atom. The van der Waals surface area contributed by atoms with Gasteiger partial charge in [-0.05, 0) is 92.1 Å². The fraction of sp³-hybridized carbons (Fsp3) is 0.241. The summed E-state index contributed by atoms with van der Waals surface area (Å²) in [6.07, 6.45) is 1.84. The van der Waals surface area contributed by atoms with E-state index < -0.39 is 0 Å². The maximum Gasteiger partial charge on any atom is 0.170 e. The molecule has 3 heterocycles. The lowest BCUT2D eigenvalue weighted by Crippen LogP contribution is -2.29. The van der Waals surface area contributed by atoms with Crippen molar-refractivity contribution < 1.29 is 4.74 Å². The average molecular weight is 517 g/mol. The monoisotopic (exact) mass is 516 g/mol. The number of methoxy groups -OCH3 is 1. The van der Waals surface area contributed by atoms with E-state index in [9.17, 15) is 0 Å². The highest BCUT2D eigenvalue weighted by molar-refractivity contribution is 7.80. The van der Waals surface area contributed by atoms with E-state index in [0.717, 1.165) is 44.2 Å². The Hall–Kier alpha value is -3.35. The topological polar surface area (TPSA) is 42.3 Å². The first-order chi connectivity index (χ1) is 17.4. The second-order valence-corrected chi connectivity index (χ2v) is 10.0. The Balaban J connectivity index is 1.61. The summed E-state index contributed by atoms with van der Waals surface area (Å²) in [7, 11) is 1.68. The van der Waals surface area contributed by atoms with Crippen LogP contribution in [0.3, 0.4) is 0 Å². The first kappa shape index (κ1) is 24.3. The van der Waals surface area contributed by atoms with Crippen LogP contribution in [0.5, 0.6) is 5.75 Å². The van der Waals surface area contributed by atoms with Crippen LogP contribution in [0.4, 0.5) is 0 Å². The molecule has 36 heavy (non-hydrogen) atoms. The molecule has 0 aliphatic carbocycles. The molecule has 1 fully saturated rings. The molecular formula is C29H29ClN4OS. The summed E-state index contributed by atoms with van der Waals surface area (Å²) in [6.45, 7) is 7.10. The molecule has 2 aromatic heterocycles.